The summed E-state index contributed by atoms with van der Waals surface area (Å²) in [7, 11) is 0. The van der Waals surface area contributed by atoms with E-state index in [-0.39, 0.29) is 0 Å². The number of nitrogens with zero attached hydrogens (tertiary/aromatic N) is 2. The number of hydrogen-bond acceptors (Lipinski definition) is 7. The largest absolute Gasteiger partial charge is 0.381 e. The molecule has 0 aliphatic heterocycles. The number of nitrogens with one attached hydrogen (secondary N) is 1. The van der Waals surface area contributed by atoms with E-state index in [0.717, 1.165) is 15.8 Å². The first kappa shape index (κ1) is 17.5. The Kier molecular flexibility index (Phi) is 7.37. The normalized spacial score (nSPS) is 11.1. The van der Waals surface area contributed by atoms with Gasteiger partial charge in [-0.25, -0.2) is 0 Å². The summed E-state index contributed by atoms with van der Waals surface area (Å²) in [6.07, 6.45) is 0. The van der Waals surface area contributed by atoms with Gasteiger partial charge in [-0.2, -0.15) is 8.78 Å². The molecular formula is C13H15F2N3OS3. The summed E-state index contributed by atoms with van der Waals surface area (Å²) in [6, 6.07) is 6.79. The lowest BCUT2D eigenvalue weighted by atomic mass is 10.3. The third-order valence-electron chi connectivity index (χ3n) is 2.39. The minimum Gasteiger partial charge on any atom is -0.381 e. The lowest BCUT2D eigenvalue weighted by Gasteiger charge is -2.03. The molecule has 1 aromatic carbocycles. The van der Waals surface area contributed by atoms with Gasteiger partial charge in [0.2, 0.25) is 5.13 Å². The Bertz CT molecular complexity index is 566. The fraction of sp³-hybridized carbons (Fsp3) is 0.385. The van der Waals surface area contributed by atoms with Crippen molar-refractivity contribution in [1.82, 2.24) is 10.2 Å². The van der Waals surface area contributed by atoms with E-state index in [1.807, 2.05) is 6.92 Å². The second-order valence-corrected chi connectivity index (χ2v) is 7.33. The van der Waals surface area contributed by atoms with Crippen LogP contribution in [0.3, 0.4) is 0 Å². The van der Waals surface area contributed by atoms with E-state index >= 15 is 0 Å². The van der Waals surface area contributed by atoms with E-state index in [9.17, 15) is 8.78 Å². The molecule has 9 heteroatoms. The van der Waals surface area contributed by atoms with Gasteiger partial charge in [-0.05, 0) is 31.2 Å². The fourth-order valence-corrected chi connectivity index (χ4v) is 3.69. The fourth-order valence-electron chi connectivity index (χ4n) is 1.49. The van der Waals surface area contributed by atoms with Crippen LogP contribution in [-0.4, -0.2) is 34.9 Å². The van der Waals surface area contributed by atoms with E-state index in [1.165, 1.54) is 11.3 Å². The highest BCUT2D eigenvalue weighted by molar-refractivity contribution is 8.01. The molecule has 0 saturated heterocycles. The van der Waals surface area contributed by atoms with Crippen molar-refractivity contribution in [3.05, 3.63) is 24.3 Å². The predicted octanol–water partition coefficient (Wildman–Crippen LogP) is 4.73. The molecule has 0 radical (unpaired) electrons. The Labute approximate surface area is 140 Å². The molecule has 0 spiro atoms. The van der Waals surface area contributed by atoms with Crippen molar-refractivity contribution in [3.63, 3.8) is 0 Å². The number of halogens is 2. The first-order valence-corrected chi connectivity index (χ1v) is 9.21. The van der Waals surface area contributed by atoms with Gasteiger partial charge in [0.25, 0.3) is 5.76 Å². The number of rotatable bonds is 9. The van der Waals surface area contributed by atoms with Crippen LogP contribution in [0.1, 0.15) is 6.92 Å². The van der Waals surface area contributed by atoms with Gasteiger partial charge in [0, 0.05) is 22.9 Å². The minimum atomic E-state index is -2.40. The molecule has 22 heavy (non-hydrogen) atoms. The van der Waals surface area contributed by atoms with Crippen molar-refractivity contribution in [2.45, 2.75) is 21.9 Å². The van der Waals surface area contributed by atoms with Crippen LogP contribution in [0.25, 0.3) is 0 Å². The monoisotopic (exact) mass is 363 g/mol. The Hall–Kier alpha value is -0.900. The number of benzene rings is 1. The predicted molar refractivity (Wildman–Crippen MR) is 88.7 cm³/mol. The lowest BCUT2D eigenvalue weighted by molar-refractivity contribution is 0.164. The van der Waals surface area contributed by atoms with Gasteiger partial charge in [-0.15, -0.1) is 10.2 Å². The highest BCUT2D eigenvalue weighted by atomic mass is 32.2. The zero-order valence-electron chi connectivity index (χ0n) is 11.8. The SMILES string of the molecule is CCOCCSc1nnc(Nc2ccc(SC(F)F)cc2)s1. The topological polar surface area (TPSA) is 47.0 Å². The maximum atomic E-state index is 12.2. The number of anilines is 2. The van der Waals surface area contributed by atoms with Gasteiger partial charge < -0.3 is 10.1 Å². The van der Waals surface area contributed by atoms with Crippen LogP contribution in [0.15, 0.2) is 33.5 Å². The third-order valence-corrected chi connectivity index (χ3v) is 5.05. The number of ether oxygens (including phenoxy) is 1. The summed E-state index contributed by atoms with van der Waals surface area (Å²) in [4.78, 5) is 0.532. The number of hydrogen-bond donors (Lipinski definition) is 1. The van der Waals surface area contributed by atoms with Crippen molar-refractivity contribution in [2.75, 3.05) is 24.3 Å². The zero-order chi connectivity index (χ0) is 15.8. The molecule has 0 aliphatic rings. The average Bonchev–Trinajstić information content (AvgIpc) is 2.93. The highest BCUT2D eigenvalue weighted by Crippen LogP contribution is 2.29. The zero-order valence-corrected chi connectivity index (χ0v) is 14.2. The standard InChI is InChI=1S/C13H15F2N3OS3/c1-2-19-7-8-20-13-18-17-12(22-13)16-9-3-5-10(6-4-9)21-11(14)15/h3-6,11H,2,7-8H2,1H3,(H,16,17). The second kappa shape index (κ2) is 9.29. The van der Waals surface area contributed by atoms with Crippen molar-refractivity contribution in [2.24, 2.45) is 0 Å². The van der Waals surface area contributed by atoms with Crippen LogP contribution in [0, 0.1) is 0 Å². The molecular weight excluding hydrogens is 348 g/mol. The summed E-state index contributed by atoms with van der Waals surface area (Å²) < 4.78 is 30.6. The molecule has 1 aromatic heterocycles. The van der Waals surface area contributed by atoms with Gasteiger partial charge in [0.15, 0.2) is 4.34 Å². The molecule has 4 nitrogen and oxygen atoms in total. The van der Waals surface area contributed by atoms with Crippen LogP contribution in [0.4, 0.5) is 19.6 Å². The van der Waals surface area contributed by atoms with Gasteiger partial charge in [-0.3, -0.25) is 0 Å². The Morgan fingerprint density at radius 3 is 2.73 bits per heavy atom. The molecule has 0 aliphatic carbocycles. The molecule has 1 heterocycles. The van der Waals surface area contributed by atoms with Gasteiger partial charge >= 0.3 is 0 Å². The van der Waals surface area contributed by atoms with Gasteiger partial charge in [0.1, 0.15) is 0 Å². The second-order valence-electron chi connectivity index (χ2n) is 3.95. The maximum Gasteiger partial charge on any atom is 0.288 e. The molecule has 120 valence electrons. The molecule has 0 fully saturated rings. The summed E-state index contributed by atoms with van der Waals surface area (Å²) >= 11 is 3.57. The van der Waals surface area contributed by atoms with E-state index in [0.29, 0.717) is 35.0 Å². The summed E-state index contributed by atoms with van der Waals surface area (Å²) in [5.41, 5.74) is 0.792. The van der Waals surface area contributed by atoms with Crippen LogP contribution in [0.2, 0.25) is 0 Å². The maximum absolute atomic E-state index is 12.2. The number of aromatic nitrogens is 2. The first-order valence-electron chi connectivity index (χ1n) is 6.53. The van der Waals surface area contributed by atoms with E-state index < -0.39 is 5.76 Å². The number of alkyl halides is 2. The molecule has 0 atom stereocenters. The quantitative estimate of drug-likeness (QED) is 0.514. The number of thioether (sulfide) groups is 2. The van der Waals surface area contributed by atoms with Gasteiger partial charge in [0.05, 0.1) is 6.61 Å². The van der Waals surface area contributed by atoms with Crippen LogP contribution < -0.4 is 5.32 Å². The van der Waals surface area contributed by atoms with Crippen molar-refractivity contribution >= 4 is 45.7 Å². The molecule has 1 N–H and O–H groups in total. The Morgan fingerprint density at radius 1 is 1.27 bits per heavy atom. The highest BCUT2D eigenvalue weighted by Gasteiger charge is 2.07. The van der Waals surface area contributed by atoms with E-state index in [4.69, 9.17) is 4.74 Å². The van der Waals surface area contributed by atoms with Crippen molar-refractivity contribution < 1.29 is 13.5 Å². The third kappa shape index (κ3) is 6.07. The van der Waals surface area contributed by atoms with Gasteiger partial charge in [-0.1, -0.05) is 34.9 Å². The Balaban J connectivity index is 1.84. The van der Waals surface area contributed by atoms with Crippen LogP contribution in [-0.2, 0) is 4.74 Å². The summed E-state index contributed by atoms with van der Waals surface area (Å²) in [6.45, 7) is 3.36. The van der Waals surface area contributed by atoms with E-state index in [1.54, 1.807) is 36.0 Å². The average molecular weight is 363 g/mol. The van der Waals surface area contributed by atoms with Crippen molar-refractivity contribution in [3.8, 4) is 0 Å². The van der Waals surface area contributed by atoms with E-state index in [2.05, 4.69) is 15.5 Å². The van der Waals surface area contributed by atoms with Crippen molar-refractivity contribution in [1.29, 1.82) is 0 Å². The van der Waals surface area contributed by atoms with Crippen LogP contribution in [0.5, 0.6) is 0 Å². The van der Waals surface area contributed by atoms with Crippen LogP contribution >= 0.6 is 34.9 Å². The molecule has 0 unspecified atom stereocenters. The lowest BCUT2D eigenvalue weighted by Crippen LogP contribution is -1.95. The minimum absolute atomic E-state index is 0.529. The molecule has 0 saturated carbocycles. The molecule has 2 rings (SSSR count). The molecule has 0 amide bonds. The Morgan fingerprint density at radius 2 is 2.05 bits per heavy atom. The first-order chi connectivity index (χ1) is 10.7. The molecule has 2 aromatic rings. The summed E-state index contributed by atoms with van der Waals surface area (Å²) in [5.74, 6) is -1.57. The summed E-state index contributed by atoms with van der Waals surface area (Å²) in [5, 5.41) is 11.9. The molecule has 0 bridgehead atoms. The smallest absolute Gasteiger partial charge is 0.288 e.